The van der Waals surface area contributed by atoms with Crippen molar-refractivity contribution in [2.24, 2.45) is 22.7 Å². The number of nitrogens with one attached hydrogen (secondary N) is 4. The number of rotatable bonds is 21. The normalized spacial score (nSPS) is 14.7. The van der Waals surface area contributed by atoms with Crippen LogP contribution in [0.25, 0.3) is 33.1 Å². The number of non-ortho nitro benzene ring substituents is 1. The maximum atomic E-state index is 13.4. The minimum absolute atomic E-state index is 0. The molecule has 3 fully saturated rings. The number of likely N-dealkylation sites (tertiary alicyclic amines) is 2. The average Bonchev–Trinajstić information content (AvgIpc) is 1.68. The molecule has 0 atom stereocenters. The van der Waals surface area contributed by atoms with Crippen LogP contribution in [0, 0.1) is 33.7 Å². The van der Waals surface area contributed by atoms with E-state index in [-0.39, 0.29) is 38.5 Å². The summed E-state index contributed by atoms with van der Waals surface area (Å²) in [6.07, 6.45) is 20.2. The lowest BCUT2D eigenvalue weighted by Gasteiger charge is -2.33. The molecule has 4 aliphatic heterocycles. The number of carbonyl (C=O) groups excluding carboxylic acids is 2. The molecule has 10 aromatic rings. The number of fused-ring (bicyclic) bond motifs is 4. The molecule has 0 bridgehead atoms. The maximum absolute atomic E-state index is 13.4. The highest BCUT2D eigenvalue weighted by Gasteiger charge is 2.30. The van der Waals surface area contributed by atoms with Gasteiger partial charge in [0.2, 0.25) is 0 Å². The van der Waals surface area contributed by atoms with Crippen molar-refractivity contribution in [3.8, 4) is 0 Å². The Hall–Kier alpha value is -10.8. The number of carbonyl (C=O) groups is 2. The number of benzene rings is 4. The fraction of sp³-hybridized carbons (Fsp3) is 0.468. The van der Waals surface area contributed by atoms with Gasteiger partial charge in [0.1, 0.15) is 52.6 Å². The van der Waals surface area contributed by atoms with Crippen LogP contribution in [0.5, 0.6) is 0 Å². The number of nitrogens with zero attached hydrogens (tertiary/aromatic N) is 16. The molecule has 7 N–H and O–H groups in total. The zero-order valence-corrected chi connectivity index (χ0v) is 61.6. The third-order valence-electron chi connectivity index (χ3n) is 18.8. The second kappa shape index (κ2) is 38.1. The number of nitrogens with two attached hydrogens (primary N) is 1. The lowest BCUT2D eigenvalue weighted by Crippen LogP contribution is -2.42. The minimum Gasteiger partial charge on any atom is -0.444 e. The van der Waals surface area contributed by atoms with E-state index in [4.69, 9.17) is 35.6 Å². The molecule has 28 nitrogen and oxygen atoms in total. The van der Waals surface area contributed by atoms with Gasteiger partial charge in [0.25, 0.3) is 5.69 Å². The summed E-state index contributed by atoms with van der Waals surface area (Å²) in [5, 5.41) is 45.6. The number of anilines is 4. The van der Waals surface area contributed by atoms with E-state index < -0.39 is 16.1 Å². The molecule has 0 saturated carbocycles. The van der Waals surface area contributed by atoms with Crippen molar-refractivity contribution in [3.63, 3.8) is 0 Å². The van der Waals surface area contributed by atoms with Gasteiger partial charge in [0, 0.05) is 109 Å². The predicted molar refractivity (Wildman–Crippen MR) is 422 cm³/mol. The van der Waals surface area contributed by atoms with Crippen LogP contribution in [0.2, 0.25) is 0 Å². The van der Waals surface area contributed by atoms with Crippen LogP contribution in [0.15, 0.2) is 134 Å². The Bertz CT molecular complexity index is 4570. The quantitative estimate of drug-likeness (QED) is 0.0221. The first-order valence-corrected chi connectivity index (χ1v) is 36.5. The number of hydrogen-bond donors (Lipinski definition) is 6. The number of aromatic nitrogens is 12. The monoisotopic (exact) mass is 1480 g/mol. The van der Waals surface area contributed by atoms with E-state index in [0.717, 1.165) is 172 Å². The Kier molecular flexibility index (Phi) is 28.7. The molecule has 0 spiro atoms. The summed E-state index contributed by atoms with van der Waals surface area (Å²) in [4.78, 5) is 69.5. The van der Waals surface area contributed by atoms with Crippen LogP contribution in [0.4, 0.5) is 48.5 Å². The van der Waals surface area contributed by atoms with Crippen LogP contribution in [0.1, 0.15) is 123 Å². The summed E-state index contributed by atoms with van der Waals surface area (Å²) in [5.41, 5.74) is 18.1. The van der Waals surface area contributed by atoms with E-state index in [1.165, 1.54) is 60.1 Å². The summed E-state index contributed by atoms with van der Waals surface area (Å²) < 4.78 is 30.3. The van der Waals surface area contributed by atoms with E-state index in [9.17, 15) is 24.1 Å². The number of hydrogen-bond acceptors (Lipinski definition) is 22. The van der Waals surface area contributed by atoms with Crippen LogP contribution in [-0.4, -0.2) is 174 Å². The Morgan fingerprint density at radius 2 is 0.944 bits per heavy atom. The third kappa shape index (κ3) is 23.3. The fourth-order valence-corrected chi connectivity index (χ4v) is 13.3. The lowest BCUT2D eigenvalue weighted by atomic mass is 9.97. The van der Waals surface area contributed by atoms with Crippen molar-refractivity contribution in [1.82, 2.24) is 74.4 Å². The summed E-state index contributed by atoms with van der Waals surface area (Å²) in [6.45, 7) is 20.8. The maximum Gasteiger partial charge on any atom is 0.410 e. The topological polar surface area (TPSA) is 340 Å². The molecule has 0 aliphatic carbocycles. The molecule has 0 unspecified atom stereocenters. The SMILES string of the molecule is C.C.CC(C)(C)OC(=O)N1CCC(Cn2cc3ncnc(NCCc4ccc(N)cc4)c3n2)CC1.CC(C)(C)OC(=O)N1CCC(Cn2cc3ncnc(NCCc4ccc([N+](=O)[O-])cc4)c3n2)CC1.CO.Fc1ccc2c(c1)N=C(Cc1ccc(CCNc3ncnc4cn(CC5CCNCC5)nc34)cc1)C2. The molecule has 4 aliphatic rings. The first-order valence-electron chi connectivity index (χ1n) is 36.5. The van der Waals surface area contributed by atoms with Crippen LogP contribution >= 0.6 is 0 Å². The van der Waals surface area contributed by atoms with Crippen molar-refractivity contribution in [3.05, 3.63) is 172 Å². The summed E-state index contributed by atoms with van der Waals surface area (Å²) in [6, 6.07) is 28.0. The van der Waals surface area contributed by atoms with Gasteiger partial charge < -0.3 is 51.4 Å². The van der Waals surface area contributed by atoms with Gasteiger partial charge in [-0.05, 0) is 182 Å². The van der Waals surface area contributed by atoms with Crippen molar-refractivity contribution in [2.75, 3.05) is 87.7 Å². The van der Waals surface area contributed by atoms with E-state index in [1.54, 1.807) is 34.6 Å². The second-order valence-electron chi connectivity index (χ2n) is 29.3. The molecule has 10 heterocycles. The van der Waals surface area contributed by atoms with Crippen LogP contribution in [-0.2, 0) is 61.2 Å². The molecule has 3 saturated heterocycles. The molecule has 2 amide bonds. The van der Waals surface area contributed by atoms with Crippen molar-refractivity contribution in [2.45, 2.75) is 158 Å². The zero-order chi connectivity index (χ0) is 74.7. The average molecular weight is 1480 g/mol. The Balaban J connectivity index is 0.000000183. The third-order valence-corrected chi connectivity index (χ3v) is 18.8. The van der Waals surface area contributed by atoms with Gasteiger partial charge in [0.15, 0.2) is 34.0 Å². The lowest BCUT2D eigenvalue weighted by molar-refractivity contribution is -0.384. The van der Waals surface area contributed by atoms with Crippen molar-refractivity contribution >= 4 is 85.5 Å². The molecule has 6 aromatic heterocycles. The molecule has 29 heteroatoms. The predicted octanol–water partition coefficient (Wildman–Crippen LogP) is 13.1. The summed E-state index contributed by atoms with van der Waals surface area (Å²) >= 11 is 0. The van der Waals surface area contributed by atoms with E-state index in [1.807, 2.05) is 105 Å². The largest absolute Gasteiger partial charge is 0.444 e. The van der Waals surface area contributed by atoms with Gasteiger partial charge in [-0.3, -0.25) is 29.2 Å². The molecule has 0 radical (unpaired) electrons. The standard InChI is InChI=1S/C28H30FN7.C24H31N7O4.C24H33N7O2.CH4O.2CH4/c29-23-6-5-22-14-24(34-25(22)15-23)13-20-3-1-19(2-4-20)9-12-31-28-27-26(32-18-33-28)17-36(35-27)16-21-7-10-30-11-8-21;1-24(2,3)35-23(32)29-12-9-18(10-13-29)14-30-15-20-21(28-30)22(27-16-26-20)25-11-8-17-4-6-19(7-5-17)31(33)34;1-24(2,3)33-23(32)30-12-9-18(10-13-30)14-31-15-20-21(29-31)22(28-16-27-20)26-11-8-17-4-6-19(25)7-5-17;1-2;;/h1-6,15,17-18,21,30H,7-14,16H2,(H,31,32,33);4-7,15-16,18H,8-14H2,1-3H3,(H,25,26,27);4-7,15-16,18H,8-14,25H2,1-3H3,(H,26,27,28);2H,1H3;2*1H4. The summed E-state index contributed by atoms with van der Waals surface area (Å²) in [5.74, 6) is 3.49. The summed E-state index contributed by atoms with van der Waals surface area (Å²) in [7, 11) is 1.00. The number of halogens is 1. The van der Waals surface area contributed by atoms with Gasteiger partial charge in [-0.1, -0.05) is 69.5 Å². The number of nitro benzene ring substituents is 1. The van der Waals surface area contributed by atoms with Gasteiger partial charge in [-0.2, -0.15) is 15.3 Å². The molecular formula is C79H106FN21O7. The number of aliphatic hydroxyl groups is 1. The molecule has 4 aromatic carbocycles. The Morgan fingerprint density at radius 3 is 1.34 bits per heavy atom. The molecule has 576 valence electrons. The van der Waals surface area contributed by atoms with Crippen molar-refractivity contribution in [1.29, 1.82) is 0 Å². The number of nitro groups is 1. The van der Waals surface area contributed by atoms with Gasteiger partial charge >= 0.3 is 12.2 Å². The van der Waals surface area contributed by atoms with E-state index in [0.29, 0.717) is 68.2 Å². The van der Waals surface area contributed by atoms with Gasteiger partial charge in [-0.25, -0.2) is 43.9 Å². The molecule has 14 rings (SSSR count). The van der Waals surface area contributed by atoms with Crippen LogP contribution in [0.3, 0.4) is 0 Å². The molecule has 108 heavy (non-hydrogen) atoms. The first kappa shape index (κ1) is 81.3. The number of aliphatic imine (C=N–C) groups is 1. The highest BCUT2D eigenvalue weighted by atomic mass is 19.1. The second-order valence-corrected chi connectivity index (χ2v) is 29.3. The zero-order valence-electron chi connectivity index (χ0n) is 61.6. The van der Waals surface area contributed by atoms with E-state index in [2.05, 4.69) is 80.4 Å². The van der Waals surface area contributed by atoms with Gasteiger partial charge in [-0.15, -0.1) is 0 Å². The van der Waals surface area contributed by atoms with Gasteiger partial charge in [0.05, 0.1) is 29.2 Å². The highest BCUT2D eigenvalue weighted by Crippen LogP contribution is 2.31. The van der Waals surface area contributed by atoms with Crippen LogP contribution < -0.4 is 27.0 Å². The molecular weight excluding hydrogens is 1370 g/mol. The number of nitrogen functional groups attached to an aromatic ring is 1. The Morgan fingerprint density at radius 1 is 0.565 bits per heavy atom. The number of amides is 2. The number of aliphatic hydroxyl groups excluding tert-OH is 1. The highest BCUT2D eigenvalue weighted by molar-refractivity contribution is 5.95. The van der Waals surface area contributed by atoms with Crippen molar-refractivity contribution < 1.29 is 33.5 Å². The fourth-order valence-electron chi connectivity index (χ4n) is 13.3. The Labute approximate surface area is 631 Å². The number of piperidine rings is 3. The smallest absolute Gasteiger partial charge is 0.410 e. The minimum atomic E-state index is -0.488. The van der Waals surface area contributed by atoms with E-state index >= 15 is 0 Å². The number of ether oxygens (including phenoxy) is 2. The first-order chi connectivity index (χ1) is 51.1.